The summed E-state index contributed by atoms with van der Waals surface area (Å²) >= 11 is 0. The fourth-order valence-electron chi connectivity index (χ4n) is 2.42. The van der Waals surface area contributed by atoms with E-state index in [4.69, 9.17) is 17.2 Å². The van der Waals surface area contributed by atoms with Gasteiger partial charge in [-0.1, -0.05) is 18.2 Å². The van der Waals surface area contributed by atoms with E-state index in [9.17, 15) is 0 Å². The predicted molar refractivity (Wildman–Crippen MR) is 76.4 cm³/mol. The Bertz CT molecular complexity index is 295. The molecule has 102 valence electrons. The molecule has 0 spiro atoms. The summed E-state index contributed by atoms with van der Waals surface area (Å²) in [5.41, 5.74) is 16.4. The Morgan fingerprint density at radius 2 is 1.61 bits per heavy atom. The van der Waals surface area contributed by atoms with Crippen molar-refractivity contribution in [3.8, 4) is 0 Å². The van der Waals surface area contributed by atoms with Crippen LogP contribution in [0.2, 0.25) is 0 Å². The van der Waals surface area contributed by atoms with E-state index < -0.39 is 0 Å². The Labute approximate surface area is 109 Å². The summed E-state index contributed by atoms with van der Waals surface area (Å²) in [5, 5.41) is 3.45. The summed E-state index contributed by atoms with van der Waals surface area (Å²) in [7, 11) is 0. The van der Waals surface area contributed by atoms with Gasteiger partial charge in [-0.25, -0.2) is 0 Å². The highest BCUT2D eigenvalue weighted by Gasteiger charge is 2.36. The van der Waals surface area contributed by atoms with Crippen LogP contribution in [0, 0.1) is 0 Å². The third-order valence-corrected chi connectivity index (χ3v) is 3.41. The van der Waals surface area contributed by atoms with Gasteiger partial charge >= 0.3 is 0 Å². The van der Waals surface area contributed by atoms with Gasteiger partial charge in [-0.15, -0.1) is 0 Å². The molecule has 1 fully saturated rings. The second-order valence-electron chi connectivity index (χ2n) is 4.54. The lowest BCUT2D eigenvalue weighted by atomic mass is 9.87. The summed E-state index contributed by atoms with van der Waals surface area (Å²) < 4.78 is 0. The number of nitrogens with two attached hydrogens (primary N) is 3. The van der Waals surface area contributed by atoms with Gasteiger partial charge in [0.2, 0.25) is 0 Å². The first-order valence-corrected chi connectivity index (χ1v) is 6.35. The first-order valence-electron chi connectivity index (χ1n) is 6.35. The summed E-state index contributed by atoms with van der Waals surface area (Å²) in [6.45, 7) is 3.79. The van der Waals surface area contributed by atoms with Crippen molar-refractivity contribution in [2.75, 3.05) is 26.2 Å². The summed E-state index contributed by atoms with van der Waals surface area (Å²) in [5.74, 6) is 0. The molecular formula is C13H25N5. The van der Waals surface area contributed by atoms with Crippen molar-refractivity contribution in [2.45, 2.75) is 18.4 Å². The molecule has 1 aliphatic rings. The smallest absolute Gasteiger partial charge is 0.0407 e. The lowest BCUT2D eigenvalue weighted by Gasteiger charge is -2.46. The molecule has 0 aliphatic carbocycles. The molecule has 18 heavy (non-hydrogen) atoms. The molecule has 0 aromatic rings. The number of piperazine rings is 1. The van der Waals surface area contributed by atoms with Crippen LogP contribution in [0.5, 0.6) is 0 Å². The van der Waals surface area contributed by atoms with Gasteiger partial charge in [0.25, 0.3) is 0 Å². The van der Waals surface area contributed by atoms with Crippen LogP contribution in [-0.4, -0.2) is 36.6 Å². The van der Waals surface area contributed by atoms with Gasteiger partial charge in [-0.05, 0) is 31.4 Å². The van der Waals surface area contributed by atoms with Crippen molar-refractivity contribution in [1.29, 1.82) is 0 Å². The second kappa shape index (κ2) is 7.79. The number of rotatable bonds is 6. The summed E-state index contributed by atoms with van der Waals surface area (Å²) in [4.78, 5) is 2.44. The highest BCUT2D eigenvalue weighted by atomic mass is 15.3. The van der Waals surface area contributed by atoms with Crippen LogP contribution in [-0.2, 0) is 0 Å². The molecule has 1 aliphatic heterocycles. The normalized spacial score (nSPS) is 26.7. The Hall–Kier alpha value is -1.46. The molecule has 0 aromatic heterocycles. The van der Waals surface area contributed by atoms with Gasteiger partial charge in [0.05, 0.1) is 0 Å². The molecule has 0 aromatic carbocycles. The Morgan fingerprint density at radius 1 is 1.00 bits per heavy atom. The van der Waals surface area contributed by atoms with Crippen molar-refractivity contribution < 1.29 is 0 Å². The zero-order chi connectivity index (χ0) is 13.3. The molecular weight excluding hydrogens is 226 g/mol. The van der Waals surface area contributed by atoms with E-state index in [1.165, 1.54) is 0 Å². The topological polar surface area (TPSA) is 93.3 Å². The van der Waals surface area contributed by atoms with Crippen LogP contribution >= 0.6 is 0 Å². The minimum absolute atomic E-state index is 0.0312. The molecule has 7 N–H and O–H groups in total. The maximum Gasteiger partial charge on any atom is 0.0407 e. The SMILES string of the molecule is NC=CCN1CCNCC1(CC=CN)CC=CN. The molecule has 0 amide bonds. The fourth-order valence-corrected chi connectivity index (χ4v) is 2.42. The lowest BCUT2D eigenvalue weighted by Crippen LogP contribution is -2.60. The van der Waals surface area contributed by atoms with E-state index in [2.05, 4.69) is 10.2 Å². The van der Waals surface area contributed by atoms with E-state index >= 15 is 0 Å². The average Bonchev–Trinajstić information content (AvgIpc) is 2.42. The van der Waals surface area contributed by atoms with Crippen LogP contribution in [0.4, 0.5) is 0 Å². The van der Waals surface area contributed by atoms with E-state index in [-0.39, 0.29) is 5.54 Å². The number of hydrogen-bond acceptors (Lipinski definition) is 5. The Balaban J connectivity index is 2.84. The largest absolute Gasteiger partial charge is 0.405 e. The highest BCUT2D eigenvalue weighted by Crippen LogP contribution is 2.26. The van der Waals surface area contributed by atoms with Crippen LogP contribution < -0.4 is 22.5 Å². The minimum atomic E-state index is 0.0312. The molecule has 1 heterocycles. The molecule has 0 atom stereocenters. The Kier molecular flexibility index (Phi) is 6.32. The van der Waals surface area contributed by atoms with Crippen molar-refractivity contribution in [2.24, 2.45) is 17.2 Å². The van der Waals surface area contributed by atoms with Crippen LogP contribution in [0.1, 0.15) is 12.8 Å². The maximum absolute atomic E-state index is 5.48. The molecule has 0 bridgehead atoms. The third-order valence-electron chi connectivity index (χ3n) is 3.41. The predicted octanol–water partition coefficient (Wildman–Crippen LogP) is -0.172. The van der Waals surface area contributed by atoms with Crippen molar-refractivity contribution >= 4 is 0 Å². The monoisotopic (exact) mass is 251 g/mol. The van der Waals surface area contributed by atoms with E-state index in [1.807, 2.05) is 18.2 Å². The first kappa shape index (κ1) is 14.6. The van der Waals surface area contributed by atoms with Gasteiger partial charge in [-0.2, -0.15) is 0 Å². The Morgan fingerprint density at radius 3 is 2.17 bits per heavy atom. The first-order chi connectivity index (χ1) is 8.79. The van der Waals surface area contributed by atoms with Crippen LogP contribution in [0.25, 0.3) is 0 Å². The van der Waals surface area contributed by atoms with Crippen LogP contribution in [0.15, 0.2) is 36.8 Å². The maximum atomic E-state index is 5.48. The quantitative estimate of drug-likeness (QED) is 0.526. The van der Waals surface area contributed by atoms with Gasteiger partial charge in [0.15, 0.2) is 0 Å². The molecule has 5 nitrogen and oxygen atoms in total. The zero-order valence-electron chi connectivity index (χ0n) is 10.9. The van der Waals surface area contributed by atoms with Crippen molar-refractivity contribution in [3.05, 3.63) is 36.8 Å². The van der Waals surface area contributed by atoms with Gasteiger partial charge in [-0.3, -0.25) is 4.90 Å². The highest BCUT2D eigenvalue weighted by molar-refractivity contribution is 5.06. The fraction of sp³-hybridized carbons (Fsp3) is 0.538. The van der Waals surface area contributed by atoms with E-state index in [0.717, 1.165) is 39.0 Å². The number of nitrogens with zero attached hydrogens (tertiary/aromatic N) is 1. The molecule has 1 saturated heterocycles. The molecule has 0 radical (unpaired) electrons. The van der Waals surface area contributed by atoms with Gasteiger partial charge in [0.1, 0.15) is 0 Å². The number of nitrogens with one attached hydrogen (secondary N) is 1. The van der Waals surface area contributed by atoms with Crippen molar-refractivity contribution in [1.82, 2.24) is 10.2 Å². The zero-order valence-corrected chi connectivity index (χ0v) is 10.9. The van der Waals surface area contributed by atoms with E-state index in [0.29, 0.717) is 0 Å². The van der Waals surface area contributed by atoms with E-state index in [1.54, 1.807) is 18.6 Å². The van der Waals surface area contributed by atoms with Gasteiger partial charge < -0.3 is 22.5 Å². The van der Waals surface area contributed by atoms with Crippen molar-refractivity contribution in [3.63, 3.8) is 0 Å². The summed E-state index contributed by atoms with van der Waals surface area (Å²) in [6, 6.07) is 0. The molecule has 0 unspecified atom stereocenters. The lowest BCUT2D eigenvalue weighted by molar-refractivity contribution is 0.0759. The molecule has 1 rings (SSSR count). The number of hydrogen-bond donors (Lipinski definition) is 4. The standard InChI is InChI=1S/C13H25N5/c14-6-1-4-13(5-2-7-15)12-17-9-11-18(13)10-3-8-16/h1-3,6-8,17H,4-5,9-12,14-16H2. The molecule has 5 heteroatoms. The summed E-state index contributed by atoms with van der Waals surface area (Å²) in [6.07, 6.45) is 12.6. The second-order valence-corrected chi connectivity index (χ2v) is 4.54. The average molecular weight is 251 g/mol. The van der Waals surface area contributed by atoms with Crippen LogP contribution in [0.3, 0.4) is 0 Å². The minimum Gasteiger partial charge on any atom is -0.405 e. The molecule has 0 saturated carbocycles. The third kappa shape index (κ3) is 3.78. The van der Waals surface area contributed by atoms with Gasteiger partial charge in [0, 0.05) is 31.7 Å².